The number of carbonyl (C=O) groups is 1. The Bertz CT molecular complexity index is 863. The summed E-state index contributed by atoms with van der Waals surface area (Å²) in [7, 11) is -3.06. The van der Waals surface area contributed by atoms with E-state index in [1.165, 1.54) is 11.8 Å². The molecule has 2 aliphatic rings. The molecule has 0 bridgehead atoms. The van der Waals surface area contributed by atoms with E-state index in [0.717, 1.165) is 30.0 Å². The van der Waals surface area contributed by atoms with Crippen LogP contribution in [0.15, 0.2) is 23.2 Å². The number of thioether (sulfide) groups is 1. The summed E-state index contributed by atoms with van der Waals surface area (Å²) in [6, 6.07) is 6.06. The second kappa shape index (κ2) is 7.83. The summed E-state index contributed by atoms with van der Waals surface area (Å²) < 4.78 is 24.3. The smallest absolute Gasteiger partial charge is 0.247 e. The zero-order valence-corrected chi connectivity index (χ0v) is 17.9. The monoisotopic (exact) mass is 409 g/mol. The van der Waals surface area contributed by atoms with Crippen LogP contribution in [0.5, 0.6) is 0 Å². The number of anilines is 2. The molecule has 2 aliphatic heterocycles. The van der Waals surface area contributed by atoms with Crippen LogP contribution in [0, 0.1) is 6.92 Å². The average Bonchev–Trinajstić information content (AvgIpc) is 3.07. The number of sulfone groups is 1. The molecule has 27 heavy (non-hydrogen) atoms. The van der Waals surface area contributed by atoms with Crippen molar-refractivity contribution in [3.63, 3.8) is 0 Å². The number of benzene rings is 1. The second-order valence-corrected chi connectivity index (χ2v) is 10.3. The molecule has 2 atom stereocenters. The fourth-order valence-corrected chi connectivity index (χ4v) is 7.65. The summed E-state index contributed by atoms with van der Waals surface area (Å²) in [5, 5.41) is 0.561. The number of aryl methyl sites for hydroxylation is 1. The van der Waals surface area contributed by atoms with Crippen molar-refractivity contribution in [2.45, 2.75) is 45.4 Å². The molecule has 2 fully saturated rings. The quantitative estimate of drug-likeness (QED) is 0.745. The van der Waals surface area contributed by atoms with E-state index in [1.54, 1.807) is 6.92 Å². The molecule has 6 nitrogen and oxygen atoms in total. The number of amidine groups is 1. The molecule has 2 saturated heterocycles. The van der Waals surface area contributed by atoms with Crippen molar-refractivity contribution in [3.8, 4) is 0 Å². The first-order valence-corrected chi connectivity index (χ1v) is 12.1. The van der Waals surface area contributed by atoms with Gasteiger partial charge in [-0.25, -0.2) is 8.42 Å². The summed E-state index contributed by atoms with van der Waals surface area (Å²) in [6.07, 6.45) is 0.339. The Kier molecular flexibility index (Phi) is 5.86. The van der Waals surface area contributed by atoms with Crippen LogP contribution in [0.4, 0.5) is 11.4 Å². The van der Waals surface area contributed by atoms with E-state index in [1.807, 2.05) is 17.9 Å². The lowest BCUT2D eigenvalue weighted by molar-refractivity contribution is -0.117. The highest BCUT2D eigenvalue weighted by Crippen LogP contribution is 2.42. The lowest BCUT2D eigenvalue weighted by Crippen LogP contribution is -2.38. The van der Waals surface area contributed by atoms with Gasteiger partial charge >= 0.3 is 0 Å². The minimum Gasteiger partial charge on any atom is -0.372 e. The third-order valence-electron chi connectivity index (χ3n) is 5.16. The van der Waals surface area contributed by atoms with Crippen LogP contribution in [0.2, 0.25) is 0 Å². The van der Waals surface area contributed by atoms with E-state index in [9.17, 15) is 13.2 Å². The van der Waals surface area contributed by atoms with Gasteiger partial charge < -0.3 is 9.80 Å². The van der Waals surface area contributed by atoms with Gasteiger partial charge in [0.2, 0.25) is 5.91 Å². The van der Waals surface area contributed by atoms with Gasteiger partial charge in [0.25, 0.3) is 0 Å². The van der Waals surface area contributed by atoms with E-state index in [2.05, 4.69) is 35.9 Å². The third kappa shape index (κ3) is 4.01. The summed E-state index contributed by atoms with van der Waals surface area (Å²) in [5.41, 5.74) is 3.14. The molecule has 8 heteroatoms. The van der Waals surface area contributed by atoms with Crippen LogP contribution < -0.4 is 9.80 Å². The van der Waals surface area contributed by atoms with Crippen LogP contribution in [0.3, 0.4) is 0 Å². The number of nitrogens with zero attached hydrogens (tertiary/aromatic N) is 3. The van der Waals surface area contributed by atoms with E-state index in [4.69, 9.17) is 0 Å². The Morgan fingerprint density at radius 2 is 1.96 bits per heavy atom. The van der Waals surface area contributed by atoms with Crippen molar-refractivity contribution in [1.82, 2.24) is 0 Å². The van der Waals surface area contributed by atoms with Crippen LogP contribution in [-0.4, -0.2) is 55.4 Å². The maximum absolute atomic E-state index is 12.2. The van der Waals surface area contributed by atoms with Gasteiger partial charge in [0.05, 0.1) is 17.5 Å². The van der Waals surface area contributed by atoms with Gasteiger partial charge in [-0.1, -0.05) is 18.7 Å². The average molecular weight is 410 g/mol. The molecule has 3 rings (SSSR count). The maximum atomic E-state index is 12.2. The number of hydrogen-bond acceptors (Lipinski definition) is 5. The number of aliphatic imine (C=N–C) groups is 1. The molecule has 0 radical (unpaired) electrons. The fraction of sp³-hybridized carbons (Fsp3) is 0.579. The number of hydrogen-bond donors (Lipinski definition) is 0. The lowest BCUT2D eigenvalue weighted by Gasteiger charge is -2.28. The molecule has 0 spiro atoms. The predicted octanol–water partition coefficient (Wildman–Crippen LogP) is 2.85. The van der Waals surface area contributed by atoms with Crippen LogP contribution in [0.1, 0.15) is 32.8 Å². The highest BCUT2D eigenvalue weighted by Gasteiger charge is 2.49. The molecule has 1 aromatic rings. The van der Waals surface area contributed by atoms with Gasteiger partial charge in [0, 0.05) is 36.1 Å². The first-order valence-electron chi connectivity index (χ1n) is 9.43. The molecule has 1 amide bonds. The minimum atomic E-state index is -3.06. The second-order valence-electron chi connectivity index (χ2n) is 6.96. The van der Waals surface area contributed by atoms with Gasteiger partial charge in [0.15, 0.2) is 15.0 Å². The maximum Gasteiger partial charge on any atom is 0.247 e. The molecule has 2 heterocycles. The minimum absolute atomic E-state index is 0.0692. The summed E-state index contributed by atoms with van der Waals surface area (Å²) >= 11 is 1.42. The van der Waals surface area contributed by atoms with Gasteiger partial charge in [-0.15, -0.1) is 0 Å². The summed E-state index contributed by atoms with van der Waals surface area (Å²) in [5.74, 6) is 0.0819. The van der Waals surface area contributed by atoms with Crippen molar-refractivity contribution in [1.29, 1.82) is 0 Å². The standard InChI is InChI=1S/C19H27N3O3S2/c1-5-18(23)20-19-22(16-11-27(24,25)12-17(16)26-19)15-9-8-14(10-13(15)4)21(6-2)7-3/h8-10,16-17H,5-7,11-12H2,1-4H3/t16-,17-/m1/s1. The third-order valence-corrected chi connectivity index (χ3v) is 8.37. The number of fused-ring (bicyclic) bond motifs is 1. The zero-order valence-electron chi connectivity index (χ0n) is 16.3. The molecular weight excluding hydrogens is 382 g/mol. The Morgan fingerprint density at radius 1 is 1.26 bits per heavy atom. The topological polar surface area (TPSA) is 70.0 Å². The molecule has 148 valence electrons. The van der Waals surface area contributed by atoms with E-state index >= 15 is 0 Å². The molecule has 0 aromatic heterocycles. The van der Waals surface area contributed by atoms with E-state index in [0.29, 0.717) is 11.6 Å². The van der Waals surface area contributed by atoms with Crippen LogP contribution in [-0.2, 0) is 14.6 Å². The van der Waals surface area contributed by atoms with E-state index < -0.39 is 9.84 Å². The van der Waals surface area contributed by atoms with Gasteiger partial charge in [-0.3, -0.25) is 4.79 Å². The number of amides is 1. The fourth-order valence-electron chi connectivity index (χ4n) is 3.73. The Morgan fingerprint density at radius 3 is 2.56 bits per heavy atom. The van der Waals surface area contributed by atoms with Crippen molar-refractivity contribution < 1.29 is 13.2 Å². The zero-order chi connectivity index (χ0) is 19.8. The first-order chi connectivity index (χ1) is 12.8. The van der Waals surface area contributed by atoms with Gasteiger partial charge in [-0.05, 0) is 44.5 Å². The van der Waals surface area contributed by atoms with Crippen molar-refractivity contribution in [3.05, 3.63) is 23.8 Å². The molecular formula is C19H27N3O3S2. The first kappa shape index (κ1) is 20.2. The summed E-state index contributed by atoms with van der Waals surface area (Å²) in [4.78, 5) is 20.5. The van der Waals surface area contributed by atoms with Gasteiger partial charge in [0.1, 0.15) is 0 Å². The highest BCUT2D eigenvalue weighted by atomic mass is 32.2. The Labute approximate surface area is 165 Å². The normalized spacial score (nSPS) is 25.0. The molecule has 0 unspecified atom stereocenters. The van der Waals surface area contributed by atoms with Crippen LogP contribution in [0.25, 0.3) is 0 Å². The highest BCUT2D eigenvalue weighted by molar-refractivity contribution is 8.16. The SMILES string of the molecule is CCC(=O)N=C1S[C@@H]2CS(=O)(=O)C[C@H]2N1c1ccc(N(CC)CC)cc1C. The van der Waals surface area contributed by atoms with Crippen molar-refractivity contribution in [2.24, 2.45) is 4.99 Å². The molecule has 1 aromatic carbocycles. The van der Waals surface area contributed by atoms with Crippen molar-refractivity contribution in [2.75, 3.05) is 34.4 Å². The van der Waals surface area contributed by atoms with E-state index in [-0.39, 0.29) is 28.7 Å². The van der Waals surface area contributed by atoms with Crippen molar-refractivity contribution >= 4 is 44.0 Å². The van der Waals surface area contributed by atoms with Gasteiger partial charge in [-0.2, -0.15) is 4.99 Å². The Hall–Kier alpha value is -1.54. The predicted molar refractivity (Wildman–Crippen MR) is 114 cm³/mol. The largest absolute Gasteiger partial charge is 0.372 e. The lowest BCUT2D eigenvalue weighted by atomic mass is 10.1. The number of carbonyl (C=O) groups excluding carboxylic acids is 1. The molecule has 0 N–H and O–H groups in total. The summed E-state index contributed by atoms with van der Waals surface area (Å²) in [6.45, 7) is 9.91. The van der Waals surface area contributed by atoms with Crippen LogP contribution >= 0.6 is 11.8 Å². The number of rotatable bonds is 5. The Balaban J connectivity index is 2.02. The molecule has 0 saturated carbocycles. The molecule has 0 aliphatic carbocycles.